The first-order valence-corrected chi connectivity index (χ1v) is 11.5. The molecule has 1 aromatic rings. The summed E-state index contributed by atoms with van der Waals surface area (Å²) in [7, 11) is -3.82. The van der Waals surface area contributed by atoms with Crippen molar-refractivity contribution in [3.05, 3.63) is 23.2 Å². The molecule has 4 aliphatic rings. The van der Waals surface area contributed by atoms with E-state index in [9.17, 15) is 9.36 Å². The fourth-order valence-corrected chi connectivity index (χ4v) is 7.52. The van der Waals surface area contributed by atoms with Crippen molar-refractivity contribution in [1.29, 1.82) is 0 Å². The van der Waals surface area contributed by atoms with Crippen molar-refractivity contribution >= 4 is 13.1 Å². The SMILES string of the molecule is CCOP(=O)(OCC)C(=O)c1cc(C23CC4CC(CC(C4)C2)C3)oc1C. The van der Waals surface area contributed by atoms with Crippen molar-refractivity contribution < 1.29 is 22.8 Å². The molecule has 5 rings (SSSR count). The van der Waals surface area contributed by atoms with E-state index in [0.29, 0.717) is 11.3 Å². The number of hydrogen-bond acceptors (Lipinski definition) is 5. The number of aryl methyl sites for hydroxylation is 1. The molecule has 4 bridgehead atoms. The fraction of sp³-hybridized carbons (Fsp3) is 0.750. The van der Waals surface area contributed by atoms with Crippen molar-refractivity contribution in [2.24, 2.45) is 17.8 Å². The average molecular weight is 380 g/mol. The van der Waals surface area contributed by atoms with Crippen molar-refractivity contribution in [2.75, 3.05) is 13.2 Å². The minimum Gasteiger partial charge on any atom is -0.465 e. The molecule has 0 unspecified atom stereocenters. The van der Waals surface area contributed by atoms with Gasteiger partial charge in [-0.3, -0.25) is 9.36 Å². The Morgan fingerprint density at radius 3 is 2.08 bits per heavy atom. The van der Waals surface area contributed by atoms with E-state index in [0.717, 1.165) is 42.8 Å². The van der Waals surface area contributed by atoms with Crippen molar-refractivity contribution in [1.82, 2.24) is 0 Å². The smallest absolute Gasteiger partial charge is 0.401 e. The van der Waals surface area contributed by atoms with E-state index in [2.05, 4.69) is 0 Å². The predicted molar refractivity (Wildman–Crippen MR) is 98.5 cm³/mol. The third kappa shape index (κ3) is 2.93. The molecule has 4 saturated carbocycles. The molecule has 1 aromatic heterocycles. The zero-order chi connectivity index (χ0) is 18.5. The van der Waals surface area contributed by atoms with Gasteiger partial charge in [-0.25, -0.2) is 0 Å². The van der Waals surface area contributed by atoms with Crippen LogP contribution in [0.2, 0.25) is 0 Å². The quantitative estimate of drug-likeness (QED) is 0.588. The van der Waals surface area contributed by atoms with Gasteiger partial charge in [0.1, 0.15) is 11.5 Å². The Hall–Kier alpha value is -0.900. The molecular weight excluding hydrogens is 351 g/mol. The second kappa shape index (κ2) is 6.61. The molecular formula is C20H29O5P. The highest BCUT2D eigenvalue weighted by Crippen LogP contribution is 2.61. The molecule has 4 aliphatic carbocycles. The largest absolute Gasteiger partial charge is 0.465 e. The molecule has 144 valence electrons. The van der Waals surface area contributed by atoms with Crippen LogP contribution in [0.25, 0.3) is 0 Å². The highest BCUT2D eigenvalue weighted by molar-refractivity contribution is 7.72. The molecule has 26 heavy (non-hydrogen) atoms. The van der Waals surface area contributed by atoms with E-state index < -0.39 is 13.1 Å². The topological polar surface area (TPSA) is 65.7 Å². The summed E-state index contributed by atoms with van der Waals surface area (Å²) in [5, 5.41) is 0. The van der Waals surface area contributed by atoms with Gasteiger partial charge < -0.3 is 13.5 Å². The first-order chi connectivity index (χ1) is 12.4. The molecule has 4 fully saturated rings. The Balaban J connectivity index is 1.66. The van der Waals surface area contributed by atoms with Gasteiger partial charge in [-0.1, -0.05) is 0 Å². The van der Waals surface area contributed by atoms with Crippen LogP contribution in [0.4, 0.5) is 0 Å². The van der Waals surface area contributed by atoms with Gasteiger partial charge in [-0.15, -0.1) is 0 Å². The highest BCUT2D eigenvalue weighted by Gasteiger charge is 2.53. The van der Waals surface area contributed by atoms with Gasteiger partial charge in [0.2, 0.25) is 0 Å². The normalized spacial score (nSPS) is 33.0. The van der Waals surface area contributed by atoms with Gasteiger partial charge in [-0.05, 0) is 83.1 Å². The van der Waals surface area contributed by atoms with Gasteiger partial charge >= 0.3 is 7.60 Å². The number of carbonyl (C=O) groups excluding carboxylic acids is 1. The lowest BCUT2D eigenvalue weighted by molar-refractivity contribution is -0.0154. The van der Waals surface area contributed by atoms with E-state index in [1.807, 2.05) is 6.07 Å². The van der Waals surface area contributed by atoms with Crippen LogP contribution in [-0.4, -0.2) is 18.7 Å². The lowest BCUT2D eigenvalue weighted by Gasteiger charge is -2.55. The zero-order valence-electron chi connectivity index (χ0n) is 16.0. The number of carbonyl (C=O) groups is 1. The van der Waals surface area contributed by atoms with Crippen LogP contribution in [0.15, 0.2) is 10.5 Å². The first-order valence-electron chi connectivity index (χ1n) is 9.94. The summed E-state index contributed by atoms with van der Waals surface area (Å²) in [5.41, 5.74) is -0.140. The van der Waals surface area contributed by atoms with Gasteiger partial charge in [0.05, 0.1) is 18.8 Å². The molecule has 0 saturated heterocycles. The van der Waals surface area contributed by atoms with Gasteiger partial charge in [-0.2, -0.15) is 0 Å². The summed E-state index contributed by atoms with van der Waals surface area (Å²) in [6.45, 7) is 5.53. The van der Waals surface area contributed by atoms with Gasteiger partial charge in [0, 0.05) is 5.41 Å². The van der Waals surface area contributed by atoms with Gasteiger partial charge in [0.25, 0.3) is 5.52 Å². The fourth-order valence-electron chi connectivity index (χ4n) is 6.01. The molecule has 0 N–H and O–H groups in total. The third-order valence-corrected chi connectivity index (χ3v) is 8.49. The number of hydrogen-bond donors (Lipinski definition) is 0. The molecule has 0 radical (unpaired) electrons. The highest BCUT2D eigenvalue weighted by atomic mass is 31.2. The van der Waals surface area contributed by atoms with E-state index in [-0.39, 0.29) is 18.6 Å². The molecule has 1 heterocycles. The molecule has 0 amide bonds. The summed E-state index contributed by atoms with van der Waals surface area (Å²) < 4.78 is 29.5. The van der Waals surface area contributed by atoms with E-state index >= 15 is 0 Å². The maximum absolute atomic E-state index is 12.9. The second-order valence-corrected chi connectivity index (χ2v) is 10.3. The summed E-state index contributed by atoms with van der Waals surface area (Å²) in [4.78, 5) is 12.9. The monoisotopic (exact) mass is 380 g/mol. The minimum absolute atomic E-state index is 0.0687. The Morgan fingerprint density at radius 2 is 1.62 bits per heavy atom. The van der Waals surface area contributed by atoms with Crippen LogP contribution in [0.1, 0.15) is 74.3 Å². The van der Waals surface area contributed by atoms with E-state index in [4.69, 9.17) is 13.5 Å². The van der Waals surface area contributed by atoms with Gasteiger partial charge in [0.15, 0.2) is 0 Å². The van der Waals surface area contributed by atoms with Crippen LogP contribution in [0.3, 0.4) is 0 Å². The van der Waals surface area contributed by atoms with Crippen molar-refractivity contribution in [3.63, 3.8) is 0 Å². The summed E-state index contributed by atoms with van der Waals surface area (Å²) >= 11 is 0. The molecule has 5 nitrogen and oxygen atoms in total. The Labute approximate surface area is 155 Å². The Bertz CT molecular complexity index is 704. The molecule has 0 spiro atoms. The molecule has 0 atom stereocenters. The van der Waals surface area contributed by atoms with E-state index in [1.165, 1.54) is 19.3 Å². The maximum Gasteiger partial charge on any atom is 0.401 e. The maximum atomic E-state index is 12.9. The molecule has 0 aliphatic heterocycles. The summed E-state index contributed by atoms with van der Waals surface area (Å²) in [6.07, 6.45) is 7.55. The van der Waals surface area contributed by atoms with Crippen LogP contribution in [-0.2, 0) is 19.0 Å². The zero-order valence-corrected chi connectivity index (χ0v) is 16.8. The summed E-state index contributed by atoms with van der Waals surface area (Å²) in [5.74, 6) is 3.83. The lowest BCUT2D eigenvalue weighted by Crippen LogP contribution is -2.48. The van der Waals surface area contributed by atoms with Crippen LogP contribution >= 0.6 is 7.60 Å². The Morgan fingerprint density at radius 1 is 1.12 bits per heavy atom. The third-order valence-electron chi connectivity index (χ3n) is 6.56. The molecule has 0 aromatic carbocycles. The van der Waals surface area contributed by atoms with Crippen molar-refractivity contribution in [3.8, 4) is 0 Å². The Kier molecular flexibility index (Phi) is 4.70. The average Bonchev–Trinajstić information content (AvgIpc) is 2.96. The minimum atomic E-state index is -3.82. The van der Waals surface area contributed by atoms with Crippen molar-refractivity contribution in [2.45, 2.75) is 64.7 Å². The van der Waals surface area contributed by atoms with Crippen LogP contribution in [0.5, 0.6) is 0 Å². The van der Waals surface area contributed by atoms with E-state index in [1.54, 1.807) is 20.8 Å². The number of furan rings is 1. The molecule has 6 heteroatoms. The van der Waals surface area contributed by atoms with Crippen LogP contribution in [0, 0.1) is 24.7 Å². The number of rotatable bonds is 7. The predicted octanol–water partition coefficient (Wildman–Crippen LogP) is 5.46. The van der Waals surface area contributed by atoms with Crippen LogP contribution < -0.4 is 0 Å². The second-order valence-electron chi connectivity index (χ2n) is 8.42. The standard InChI is InChI=1S/C20H29O5P/c1-4-23-26(22,24-5-2)19(21)17-9-18(25-13(17)3)20-10-14-6-15(11-20)8-16(7-14)12-20/h9,14-16H,4-8,10-12H2,1-3H3. The lowest BCUT2D eigenvalue weighted by atomic mass is 9.49. The first kappa shape index (κ1) is 18.5. The summed E-state index contributed by atoms with van der Waals surface area (Å²) in [6, 6.07) is 1.84.